The number of nitrogen functional groups attached to an aromatic ring is 1. The van der Waals surface area contributed by atoms with Gasteiger partial charge in [-0.05, 0) is 19.1 Å². The van der Waals surface area contributed by atoms with Gasteiger partial charge in [-0.1, -0.05) is 29.8 Å². The van der Waals surface area contributed by atoms with Crippen LogP contribution in [0.15, 0.2) is 24.3 Å². The smallest absolute Gasteiger partial charge is 0.226 e. The van der Waals surface area contributed by atoms with Gasteiger partial charge in [0, 0.05) is 12.6 Å². The number of rotatable bonds is 1. The van der Waals surface area contributed by atoms with E-state index in [-0.39, 0.29) is 5.95 Å². The topological polar surface area (TPSA) is 68.8 Å². The zero-order valence-electron chi connectivity index (χ0n) is 9.64. The molecule has 5 nitrogen and oxygen atoms in total. The van der Waals surface area contributed by atoms with Gasteiger partial charge in [-0.25, -0.2) is 0 Å². The fourth-order valence-electron chi connectivity index (χ4n) is 1.40. The van der Waals surface area contributed by atoms with Crippen molar-refractivity contribution in [1.82, 2.24) is 20.1 Å². The van der Waals surface area contributed by atoms with Crippen LogP contribution in [0, 0.1) is 6.92 Å². The first-order valence-corrected chi connectivity index (χ1v) is 5.54. The molecule has 0 aliphatic carbocycles. The van der Waals surface area contributed by atoms with Crippen molar-refractivity contribution in [3.8, 4) is 11.4 Å². The van der Waals surface area contributed by atoms with Crippen LogP contribution in [-0.4, -0.2) is 26.9 Å². The SMILES string of the molecule is CNC(=S)n1nc(-c2ccc(C)cc2)nc1N. The molecule has 0 aliphatic rings. The van der Waals surface area contributed by atoms with E-state index in [1.165, 1.54) is 10.2 Å². The molecule has 0 saturated heterocycles. The van der Waals surface area contributed by atoms with E-state index < -0.39 is 0 Å². The average molecular weight is 247 g/mol. The highest BCUT2D eigenvalue weighted by molar-refractivity contribution is 7.80. The summed E-state index contributed by atoms with van der Waals surface area (Å²) in [5, 5.41) is 7.49. The first-order chi connectivity index (χ1) is 8.11. The molecule has 2 rings (SSSR count). The highest BCUT2D eigenvalue weighted by atomic mass is 32.1. The van der Waals surface area contributed by atoms with E-state index in [9.17, 15) is 0 Å². The molecule has 1 aromatic heterocycles. The molecule has 3 N–H and O–H groups in total. The first kappa shape index (κ1) is 11.5. The number of hydrogen-bond acceptors (Lipinski definition) is 4. The summed E-state index contributed by atoms with van der Waals surface area (Å²) in [6.45, 7) is 2.03. The maximum absolute atomic E-state index is 5.75. The summed E-state index contributed by atoms with van der Waals surface area (Å²) < 4.78 is 1.41. The molecule has 6 heteroatoms. The Morgan fingerprint density at radius 1 is 1.35 bits per heavy atom. The van der Waals surface area contributed by atoms with E-state index in [2.05, 4.69) is 15.4 Å². The molecule has 0 fully saturated rings. The van der Waals surface area contributed by atoms with Crippen molar-refractivity contribution in [3.05, 3.63) is 29.8 Å². The summed E-state index contributed by atoms with van der Waals surface area (Å²) >= 11 is 5.06. The lowest BCUT2D eigenvalue weighted by Crippen LogP contribution is -2.26. The van der Waals surface area contributed by atoms with Gasteiger partial charge in [0.05, 0.1) is 0 Å². The Morgan fingerprint density at radius 3 is 2.59 bits per heavy atom. The number of hydrogen-bond donors (Lipinski definition) is 2. The van der Waals surface area contributed by atoms with Gasteiger partial charge < -0.3 is 11.1 Å². The zero-order chi connectivity index (χ0) is 12.4. The summed E-state index contributed by atoms with van der Waals surface area (Å²) in [6.07, 6.45) is 0. The molecule has 17 heavy (non-hydrogen) atoms. The van der Waals surface area contributed by atoms with Crippen LogP contribution in [-0.2, 0) is 0 Å². The van der Waals surface area contributed by atoms with Gasteiger partial charge in [0.25, 0.3) is 0 Å². The van der Waals surface area contributed by atoms with Gasteiger partial charge >= 0.3 is 0 Å². The summed E-state index contributed by atoms with van der Waals surface area (Å²) in [6, 6.07) is 7.92. The minimum absolute atomic E-state index is 0.278. The minimum Gasteiger partial charge on any atom is -0.368 e. The number of aromatic nitrogens is 3. The van der Waals surface area contributed by atoms with Crippen molar-refractivity contribution in [1.29, 1.82) is 0 Å². The van der Waals surface area contributed by atoms with Crippen LogP contribution >= 0.6 is 12.2 Å². The molecular weight excluding hydrogens is 234 g/mol. The molecule has 1 heterocycles. The van der Waals surface area contributed by atoms with Gasteiger partial charge in [-0.2, -0.15) is 9.67 Å². The van der Waals surface area contributed by atoms with Crippen LogP contribution in [0.2, 0.25) is 0 Å². The number of benzene rings is 1. The number of aryl methyl sites for hydroxylation is 1. The molecule has 88 valence electrons. The van der Waals surface area contributed by atoms with Crippen LogP contribution in [0.3, 0.4) is 0 Å². The average Bonchev–Trinajstić information content (AvgIpc) is 2.71. The second-order valence-electron chi connectivity index (χ2n) is 3.63. The normalized spacial score (nSPS) is 10.2. The molecule has 0 radical (unpaired) electrons. The van der Waals surface area contributed by atoms with Crippen LogP contribution in [0.1, 0.15) is 5.56 Å². The van der Waals surface area contributed by atoms with Gasteiger partial charge in [-0.3, -0.25) is 0 Å². The molecule has 0 spiro atoms. The van der Waals surface area contributed by atoms with Crippen LogP contribution < -0.4 is 11.1 Å². The standard InChI is InChI=1S/C11H13N5S/c1-7-3-5-8(6-4-7)9-14-10(12)16(15-9)11(17)13-2/h3-6H,1-2H3,(H,13,17)(H2,12,14,15). The summed E-state index contributed by atoms with van der Waals surface area (Å²) in [7, 11) is 1.72. The summed E-state index contributed by atoms with van der Waals surface area (Å²) in [5.41, 5.74) is 7.85. The molecule has 0 amide bonds. The molecule has 0 aliphatic heterocycles. The Morgan fingerprint density at radius 2 is 2.00 bits per heavy atom. The van der Waals surface area contributed by atoms with Crippen LogP contribution in [0.25, 0.3) is 11.4 Å². The number of anilines is 1. The monoisotopic (exact) mass is 247 g/mol. The van der Waals surface area contributed by atoms with E-state index in [1.54, 1.807) is 7.05 Å². The Bertz CT molecular complexity index is 543. The third-order valence-electron chi connectivity index (χ3n) is 2.35. The maximum atomic E-state index is 5.75. The molecule has 0 unspecified atom stereocenters. The number of nitrogens with zero attached hydrogens (tertiary/aromatic N) is 3. The van der Waals surface area contributed by atoms with E-state index in [1.807, 2.05) is 31.2 Å². The van der Waals surface area contributed by atoms with E-state index >= 15 is 0 Å². The van der Waals surface area contributed by atoms with Crippen LogP contribution in [0.5, 0.6) is 0 Å². The second-order valence-corrected chi connectivity index (χ2v) is 4.01. The third kappa shape index (κ3) is 2.26. The maximum Gasteiger partial charge on any atom is 0.226 e. The van der Waals surface area contributed by atoms with Gasteiger partial charge in [0.2, 0.25) is 5.95 Å². The highest BCUT2D eigenvalue weighted by Crippen LogP contribution is 2.16. The Kier molecular flexibility index (Phi) is 3.06. The lowest BCUT2D eigenvalue weighted by atomic mass is 10.1. The predicted molar refractivity (Wildman–Crippen MR) is 71.7 cm³/mol. The largest absolute Gasteiger partial charge is 0.368 e. The van der Waals surface area contributed by atoms with Gasteiger partial charge in [-0.15, -0.1) is 5.10 Å². The molecule has 1 aromatic carbocycles. The first-order valence-electron chi connectivity index (χ1n) is 5.13. The highest BCUT2D eigenvalue weighted by Gasteiger charge is 2.11. The second kappa shape index (κ2) is 4.50. The Balaban J connectivity index is 2.41. The molecular formula is C11H13N5S. The summed E-state index contributed by atoms with van der Waals surface area (Å²) in [5.74, 6) is 0.847. The van der Waals surface area contributed by atoms with Crippen molar-refractivity contribution >= 4 is 23.3 Å². The van der Waals surface area contributed by atoms with E-state index in [0.29, 0.717) is 10.9 Å². The fraction of sp³-hybridized carbons (Fsp3) is 0.182. The quantitative estimate of drug-likeness (QED) is 0.741. The number of nitrogens with one attached hydrogen (secondary N) is 1. The predicted octanol–water partition coefficient (Wildman–Crippen LogP) is 1.19. The molecule has 0 atom stereocenters. The summed E-state index contributed by atoms with van der Waals surface area (Å²) in [4.78, 5) is 4.18. The zero-order valence-corrected chi connectivity index (χ0v) is 10.5. The Labute approximate surface area is 105 Å². The molecule has 2 aromatic rings. The lowest BCUT2D eigenvalue weighted by molar-refractivity contribution is 0.915. The van der Waals surface area contributed by atoms with Crippen molar-refractivity contribution in [2.75, 3.05) is 12.8 Å². The molecule has 0 bridgehead atoms. The van der Waals surface area contributed by atoms with Crippen molar-refractivity contribution in [3.63, 3.8) is 0 Å². The lowest BCUT2D eigenvalue weighted by Gasteiger charge is -2.01. The Hall–Kier alpha value is -1.95. The minimum atomic E-state index is 0.278. The van der Waals surface area contributed by atoms with Gasteiger partial charge in [0.15, 0.2) is 10.9 Å². The number of thiocarbonyl (C=S) groups is 1. The van der Waals surface area contributed by atoms with Gasteiger partial charge in [0.1, 0.15) is 0 Å². The van der Waals surface area contributed by atoms with E-state index in [0.717, 1.165) is 5.56 Å². The van der Waals surface area contributed by atoms with Crippen molar-refractivity contribution < 1.29 is 0 Å². The van der Waals surface area contributed by atoms with Crippen molar-refractivity contribution in [2.24, 2.45) is 0 Å². The van der Waals surface area contributed by atoms with E-state index in [4.69, 9.17) is 18.0 Å². The van der Waals surface area contributed by atoms with Crippen molar-refractivity contribution in [2.45, 2.75) is 6.92 Å². The molecule has 0 saturated carbocycles. The fourth-order valence-corrected chi connectivity index (χ4v) is 1.54. The number of nitrogens with two attached hydrogens (primary N) is 1. The third-order valence-corrected chi connectivity index (χ3v) is 2.73. The van der Waals surface area contributed by atoms with Crippen LogP contribution in [0.4, 0.5) is 5.95 Å².